The van der Waals surface area contributed by atoms with E-state index in [-0.39, 0.29) is 5.91 Å². The van der Waals surface area contributed by atoms with Gasteiger partial charge in [0.25, 0.3) is 5.91 Å². The Balaban J connectivity index is 1.95. The van der Waals surface area contributed by atoms with Crippen LogP contribution in [0.5, 0.6) is 17.2 Å². The van der Waals surface area contributed by atoms with Crippen LogP contribution in [0.15, 0.2) is 54.9 Å². The molecule has 0 unspecified atom stereocenters. The van der Waals surface area contributed by atoms with Gasteiger partial charge in [0.15, 0.2) is 11.5 Å². The Labute approximate surface area is 170 Å². The van der Waals surface area contributed by atoms with Crippen molar-refractivity contribution in [1.29, 1.82) is 0 Å². The van der Waals surface area contributed by atoms with Crippen molar-refractivity contribution >= 4 is 11.6 Å². The number of nitrogens with zero attached hydrogens (tertiary/aromatic N) is 2. The second-order valence-electron chi connectivity index (χ2n) is 6.02. The van der Waals surface area contributed by atoms with E-state index in [9.17, 15) is 4.79 Å². The first-order valence-electron chi connectivity index (χ1n) is 9.64. The summed E-state index contributed by atoms with van der Waals surface area (Å²) in [6.45, 7) is 6.99. The number of rotatable bonds is 9. The van der Waals surface area contributed by atoms with Gasteiger partial charge in [-0.1, -0.05) is 12.1 Å². The molecule has 7 heteroatoms. The van der Waals surface area contributed by atoms with E-state index >= 15 is 0 Å². The molecular formula is C22H25N3O4. The summed E-state index contributed by atoms with van der Waals surface area (Å²) in [5.41, 5.74) is 1.83. The number of anilines is 1. The highest BCUT2D eigenvalue weighted by Crippen LogP contribution is 2.39. The molecule has 0 saturated heterocycles. The summed E-state index contributed by atoms with van der Waals surface area (Å²) in [6.07, 6.45) is 3.51. The number of hydrogen-bond donors (Lipinski definition) is 1. The van der Waals surface area contributed by atoms with Gasteiger partial charge >= 0.3 is 0 Å². The topological polar surface area (TPSA) is 74.6 Å². The van der Waals surface area contributed by atoms with Crippen LogP contribution in [0.4, 0.5) is 5.69 Å². The van der Waals surface area contributed by atoms with Crippen molar-refractivity contribution in [3.63, 3.8) is 0 Å². The molecule has 1 amide bonds. The Kier molecular flexibility index (Phi) is 6.73. The van der Waals surface area contributed by atoms with Crippen molar-refractivity contribution < 1.29 is 19.0 Å². The smallest absolute Gasteiger partial charge is 0.255 e. The molecule has 0 aliphatic carbocycles. The highest BCUT2D eigenvalue weighted by molar-refractivity contribution is 6.06. The van der Waals surface area contributed by atoms with E-state index in [1.54, 1.807) is 23.0 Å². The molecule has 0 aliphatic heterocycles. The fourth-order valence-electron chi connectivity index (χ4n) is 2.90. The van der Waals surface area contributed by atoms with Gasteiger partial charge in [-0.15, -0.1) is 0 Å². The third-order valence-electron chi connectivity index (χ3n) is 4.07. The lowest BCUT2D eigenvalue weighted by Gasteiger charge is -2.17. The molecular weight excluding hydrogens is 370 g/mol. The van der Waals surface area contributed by atoms with Crippen LogP contribution >= 0.6 is 0 Å². The molecule has 152 valence electrons. The van der Waals surface area contributed by atoms with Crippen molar-refractivity contribution in [2.45, 2.75) is 20.8 Å². The molecule has 2 aromatic carbocycles. The summed E-state index contributed by atoms with van der Waals surface area (Å²) in [7, 11) is 0. The molecule has 1 N–H and O–H groups in total. The van der Waals surface area contributed by atoms with E-state index in [0.717, 1.165) is 5.69 Å². The third-order valence-corrected chi connectivity index (χ3v) is 4.07. The Morgan fingerprint density at radius 2 is 1.62 bits per heavy atom. The summed E-state index contributed by atoms with van der Waals surface area (Å²) in [6, 6.07) is 12.6. The van der Waals surface area contributed by atoms with Crippen LogP contribution in [0, 0.1) is 0 Å². The van der Waals surface area contributed by atoms with Gasteiger partial charge in [0, 0.05) is 18.0 Å². The summed E-state index contributed by atoms with van der Waals surface area (Å²) < 4.78 is 18.8. The first kappa shape index (κ1) is 20.3. The minimum atomic E-state index is -0.283. The number of amides is 1. The Hall–Kier alpha value is -3.48. The van der Waals surface area contributed by atoms with Crippen LogP contribution in [0.1, 0.15) is 31.1 Å². The Morgan fingerprint density at radius 1 is 0.966 bits per heavy atom. The number of carbonyl (C=O) groups is 1. The van der Waals surface area contributed by atoms with Gasteiger partial charge in [-0.05, 0) is 51.1 Å². The summed E-state index contributed by atoms with van der Waals surface area (Å²) in [5.74, 6) is 1.18. The lowest BCUT2D eigenvalue weighted by molar-refractivity contribution is 0.102. The van der Waals surface area contributed by atoms with Gasteiger partial charge in [-0.2, -0.15) is 5.10 Å². The average Bonchev–Trinajstić information content (AvgIpc) is 3.25. The molecule has 0 aliphatic rings. The lowest BCUT2D eigenvalue weighted by atomic mass is 10.1. The van der Waals surface area contributed by atoms with Gasteiger partial charge in [0.05, 0.1) is 31.2 Å². The van der Waals surface area contributed by atoms with Gasteiger partial charge in [-0.3, -0.25) is 4.79 Å². The van der Waals surface area contributed by atoms with Crippen LogP contribution in [-0.2, 0) is 0 Å². The van der Waals surface area contributed by atoms with Gasteiger partial charge < -0.3 is 19.5 Å². The number of nitrogens with one attached hydrogen (secondary N) is 1. The number of aromatic nitrogens is 2. The quantitative estimate of drug-likeness (QED) is 0.584. The SMILES string of the molecule is CCOc1cc(C(=O)Nc2ccccc2-n2cccn2)cc(OCC)c1OCC. The maximum atomic E-state index is 13.0. The zero-order valence-electron chi connectivity index (χ0n) is 16.8. The second-order valence-corrected chi connectivity index (χ2v) is 6.02. The molecule has 3 aromatic rings. The van der Waals surface area contributed by atoms with E-state index in [1.807, 2.05) is 57.3 Å². The standard InChI is InChI=1S/C22H25N3O4/c1-4-27-19-14-16(15-20(28-5-2)21(19)29-6-3)22(26)24-17-10-7-8-11-18(17)25-13-9-12-23-25/h7-15H,4-6H2,1-3H3,(H,24,26). The maximum Gasteiger partial charge on any atom is 0.255 e. The number of hydrogen-bond acceptors (Lipinski definition) is 5. The zero-order chi connectivity index (χ0) is 20.6. The number of para-hydroxylation sites is 2. The van der Waals surface area contributed by atoms with Crippen LogP contribution in [-0.4, -0.2) is 35.5 Å². The highest BCUT2D eigenvalue weighted by atomic mass is 16.5. The molecule has 0 fully saturated rings. The predicted octanol–water partition coefficient (Wildman–Crippen LogP) is 4.32. The highest BCUT2D eigenvalue weighted by Gasteiger charge is 2.19. The minimum Gasteiger partial charge on any atom is -0.490 e. The lowest BCUT2D eigenvalue weighted by Crippen LogP contribution is -2.15. The number of benzene rings is 2. The third kappa shape index (κ3) is 4.68. The molecule has 0 saturated carbocycles. The number of carbonyl (C=O) groups excluding carboxylic acids is 1. The first-order valence-corrected chi connectivity index (χ1v) is 9.64. The molecule has 0 atom stereocenters. The normalized spacial score (nSPS) is 10.4. The molecule has 1 aromatic heterocycles. The molecule has 0 bridgehead atoms. The Bertz CT molecular complexity index is 927. The fraction of sp³-hybridized carbons (Fsp3) is 0.273. The molecule has 0 spiro atoms. The minimum absolute atomic E-state index is 0.283. The van der Waals surface area contributed by atoms with E-state index in [4.69, 9.17) is 14.2 Å². The van der Waals surface area contributed by atoms with E-state index < -0.39 is 0 Å². The second kappa shape index (κ2) is 9.64. The van der Waals surface area contributed by atoms with E-state index in [0.29, 0.717) is 48.3 Å². The van der Waals surface area contributed by atoms with Gasteiger partial charge in [0.2, 0.25) is 5.75 Å². The van der Waals surface area contributed by atoms with Crippen molar-refractivity contribution in [3.8, 4) is 22.9 Å². The fourth-order valence-corrected chi connectivity index (χ4v) is 2.90. The van der Waals surface area contributed by atoms with E-state index in [1.165, 1.54) is 0 Å². The first-order chi connectivity index (χ1) is 14.2. The molecule has 29 heavy (non-hydrogen) atoms. The maximum absolute atomic E-state index is 13.0. The van der Waals surface area contributed by atoms with Gasteiger partial charge in [0.1, 0.15) is 0 Å². The van der Waals surface area contributed by atoms with Crippen molar-refractivity contribution in [1.82, 2.24) is 9.78 Å². The van der Waals surface area contributed by atoms with Crippen molar-refractivity contribution in [2.24, 2.45) is 0 Å². The van der Waals surface area contributed by atoms with E-state index in [2.05, 4.69) is 10.4 Å². The average molecular weight is 395 g/mol. The number of ether oxygens (including phenoxy) is 3. The van der Waals surface area contributed by atoms with Crippen LogP contribution in [0.25, 0.3) is 5.69 Å². The summed E-state index contributed by atoms with van der Waals surface area (Å²) >= 11 is 0. The van der Waals surface area contributed by atoms with Crippen molar-refractivity contribution in [2.75, 3.05) is 25.1 Å². The van der Waals surface area contributed by atoms with Crippen LogP contribution in [0.3, 0.4) is 0 Å². The summed E-state index contributed by atoms with van der Waals surface area (Å²) in [4.78, 5) is 13.0. The molecule has 1 heterocycles. The van der Waals surface area contributed by atoms with Crippen molar-refractivity contribution in [3.05, 3.63) is 60.4 Å². The van der Waals surface area contributed by atoms with Crippen LogP contribution < -0.4 is 19.5 Å². The van der Waals surface area contributed by atoms with Crippen LogP contribution in [0.2, 0.25) is 0 Å². The molecule has 0 radical (unpaired) electrons. The molecule has 3 rings (SSSR count). The largest absolute Gasteiger partial charge is 0.490 e. The van der Waals surface area contributed by atoms with Gasteiger partial charge in [-0.25, -0.2) is 4.68 Å². The predicted molar refractivity (Wildman–Crippen MR) is 111 cm³/mol. The zero-order valence-corrected chi connectivity index (χ0v) is 16.8. The monoisotopic (exact) mass is 395 g/mol. The Morgan fingerprint density at radius 3 is 2.21 bits per heavy atom. The summed E-state index contributed by atoms with van der Waals surface area (Å²) in [5, 5.41) is 7.20. The molecule has 7 nitrogen and oxygen atoms in total.